The minimum atomic E-state index is -0.771. The third-order valence-electron chi connectivity index (χ3n) is 15.1. The van der Waals surface area contributed by atoms with Gasteiger partial charge in [-0.25, -0.2) is 0 Å². The summed E-state index contributed by atoms with van der Waals surface area (Å²) in [6.45, 7) is 6.66. The normalized spacial score (nSPS) is 12.3. The van der Waals surface area contributed by atoms with E-state index in [2.05, 4.69) is 69.4 Å². The Morgan fingerprint density at radius 2 is 0.474 bits per heavy atom. The highest BCUT2D eigenvalue weighted by atomic mass is 16.6. The lowest BCUT2D eigenvalue weighted by Gasteiger charge is -2.18. The Hall–Kier alpha value is -2.63. The zero-order chi connectivity index (χ0) is 55.0. The number of hydrogen-bond acceptors (Lipinski definition) is 6. The Kier molecular flexibility index (Phi) is 62.6. The van der Waals surface area contributed by atoms with Crippen molar-refractivity contribution in [2.45, 2.75) is 367 Å². The number of ether oxygens (including phenoxy) is 3. The first kappa shape index (κ1) is 73.4. The third-order valence-corrected chi connectivity index (χ3v) is 15.1. The van der Waals surface area contributed by atoms with E-state index in [0.717, 1.165) is 70.6 Å². The molecule has 0 aromatic heterocycles. The lowest BCUT2D eigenvalue weighted by atomic mass is 10.0. The molecular weight excluding hydrogens is 937 g/mol. The fourth-order valence-electron chi connectivity index (χ4n) is 9.98. The van der Waals surface area contributed by atoms with Crippen LogP contribution in [0.3, 0.4) is 0 Å². The molecule has 76 heavy (non-hydrogen) atoms. The number of rotatable bonds is 62. The maximum absolute atomic E-state index is 12.9. The van der Waals surface area contributed by atoms with Crippen molar-refractivity contribution in [2.24, 2.45) is 0 Å². The molecule has 0 amide bonds. The van der Waals surface area contributed by atoms with Crippen molar-refractivity contribution < 1.29 is 28.6 Å². The van der Waals surface area contributed by atoms with Gasteiger partial charge in [0.1, 0.15) is 13.2 Å². The summed E-state index contributed by atoms with van der Waals surface area (Å²) in [4.78, 5) is 38.3. The molecule has 0 aromatic rings. The molecule has 444 valence electrons. The molecule has 0 N–H and O–H groups in total. The quantitative estimate of drug-likeness (QED) is 0.0261. The third kappa shape index (κ3) is 62.2. The summed E-state index contributed by atoms with van der Waals surface area (Å²) in [6.07, 6.45) is 81.3. The predicted octanol–water partition coefficient (Wildman–Crippen LogP) is 22.9. The molecule has 0 fully saturated rings. The van der Waals surface area contributed by atoms with E-state index >= 15 is 0 Å². The largest absolute Gasteiger partial charge is 0.462 e. The van der Waals surface area contributed by atoms with Crippen LogP contribution in [0, 0.1) is 0 Å². The second-order valence-electron chi connectivity index (χ2n) is 22.7. The molecule has 6 heteroatoms. The number of esters is 3. The topological polar surface area (TPSA) is 78.9 Å². The van der Waals surface area contributed by atoms with Crippen molar-refractivity contribution in [2.75, 3.05) is 13.2 Å². The van der Waals surface area contributed by atoms with E-state index < -0.39 is 6.10 Å². The van der Waals surface area contributed by atoms with Gasteiger partial charge in [-0.1, -0.05) is 307 Å². The molecule has 1 unspecified atom stereocenters. The van der Waals surface area contributed by atoms with Crippen LogP contribution >= 0.6 is 0 Å². The molecular formula is C70H128O6. The first-order chi connectivity index (χ1) is 37.5. The Labute approximate surface area is 473 Å². The van der Waals surface area contributed by atoms with E-state index in [9.17, 15) is 14.4 Å². The molecule has 0 aliphatic heterocycles. The Morgan fingerprint density at radius 3 is 0.750 bits per heavy atom. The average Bonchev–Trinajstić information content (AvgIpc) is 3.42. The van der Waals surface area contributed by atoms with E-state index in [0.29, 0.717) is 19.3 Å². The number of hydrogen-bond donors (Lipinski definition) is 0. The molecule has 1 atom stereocenters. The van der Waals surface area contributed by atoms with Crippen molar-refractivity contribution in [3.8, 4) is 0 Å². The highest BCUT2D eigenvalue weighted by molar-refractivity contribution is 5.71. The number of allylic oxidation sites excluding steroid dienone is 8. The van der Waals surface area contributed by atoms with Gasteiger partial charge in [-0.2, -0.15) is 0 Å². The zero-order valence-electron chi connectivity index (χ0n) is 51.0. The minimum absolute atomic E-state index is 0.0695. The van der Waals surface area contributed by atoms with E-state index in [-0.39, 0.29) is 31.1 Å². The molecule has 0 saturated carbocycles. The monoisotopic (exact) mass is 1060 g/mol. The van der Waals surface area contributed by atoms with Crippen LogP contribution in [0.4, 0.5) is 0 Å². The van der Waals surface area contributed by atoms with Gasteiger partial charge >= 0.3 is 17.9 Å². The number of unbranched alkanes of at least 4 members (excludes halogenated alkanes) is 43. The minimum Gasteiger partial charge on any atom is -0.462 e. The Morgan fingerprint density at radius 1 is 0.263 bits per heavy atom. The molecule has 0 aromatic carbocycles. The van der Waals surface area contributed by atoms with Gasteiger partial charge in [0, 0.05) is 19.3 Å². The SMILES string of the molecule is CCCCCCC/C=C\C/C=C\C/C=C\CCCCCCCCCCCCCCCCC(=O)OCC(COC(=O)CCCCCCCCCCCC)OC(=O)CCCCCCCCCCC/C=C\CCCCCCCC. The standard InChI is InChI=1S/C70H128O6/c1-4-7-10-13-16-19-22-24-26-28-30-31-32-33-34-35-36-37-38-39-41-42-44-46-48-51-54-57-60-63-69(72)75-66-67(65-74-68(71)62-59-56-53-50-21-18-15-12-9-6-3)76-70(73)64-61-58-55-52-49-47-45-43-40-29-27-25-23-20-17-14-11-8-5-2/h22,24-25,27-28,30,32-33,67H,4-21,23,26,29,31,34-66H2,1-3H3/b24-22-,27-25-,30-28-,33-32-. The van der Waals surface area contributed by atoms with Crippen LogP contribution < -0.4 is 0 Å². The Bertz CT molecular complexity index is 1310. The maximum Gasteiger partial charge on any atom is 0.306 e. The predicted molar refractivity (Wildman–Crippen MR) is 330 cm³/mol. The molecule has 0 bridgehead atoms. The summed E-state index contributed by atoms with van der Waals surface area (Å²) in [5.74, 6) is -0.853. The lowest BCUT2D eigenvalue weighted by molar-refractivity contribution is -0.167. The summed E-state index contributed by atoms with van der Waals surface area (Å²) >= 11 is 0. The summed E-state index contributed by atoms with van der Waals surface area (Å²) in [5.41, 5.74) is 0. The fourth-order valence-corrected chi connectivity index (χ4v) is 9.98. The van der Waals surface area contributed by atoms with Crippen molar-refractivity contribution in [1.29, 1.82) is 0 Å². The molecule has 0 aliphatic carbocycles. The van der Waals surface area contributed by atoms with E-state index in [1.54, 1.807) is 0 Å². The molecule has 0 saturated heterocycles. The summed E-state index contributed by atoms with van der Waals surface area (Å²) in [7, 11) is 0. The molecule has 6 nitrogen and oxygen atoms in total. The average molecular weight is 1070 g/mol. The number of carbonyl (C=O) groups is 3. The zero-order valence-corrected chi connectivity index (χ0v) is 51.0. The van der Waals surface area contributed by atoms with Crippen LogP contribution in [-0.4, -0.2) is 37.2 Å². The molecule has 0 radical (unpaired) electrons. The first-order valence-corrected chi connectivity index (χ1v) is 33.6. The summed E-state index contributed by atoms with van der Waals surface area (Å²) < 4.78 is 16.9. The first-order valence-electron chi connectivity index (χ1n) is 33.6. The Balaban J connectivity index is 4.16. The second-order valence-corrected chi connectivity index (χ2v) is 22.7. The van der Waals surface area contributed by atoms with Crippen LogP contribution in [0.2, 0.25) is 0 Å². The van der Waals surface area contributed by atoms with Crippen LogP contribution in [0.1, 0.15) is 361 Å². The van der Waals surface area contributed by atoms with Gasteiger partial charge < -0.3 is 14.2 Å². The van der Waals surface area contributed by atoms with Crippen molar-refractivity contribution in [1.82, 2.24) is 0 Å². The van der Waals surface area contributed by atoms with Gasteiger partial charge in [0.05, 0.1) is 0 Å². The van der Waals surface area contributed by atoms with Crippen LogP contribution in [0.25, 0.3) is 0 Å². The van der Waals surface area contributed by atoms with Crippen molar-refractivity contribution in [3.05, 3.63) is 48.6 Å². The van der Waals surface area contributed by atoms with Gasteiger partial charge in [0.2, 0.25) is 0 Å². The maximum atomic E-state index is 12.9. The molecule has 0 spiro atoms. The van der Waals surface area contributed by atoms with Crippen LogP contribution in [0.15, 0.2) is 48.6 Å². The highest BCUT2D eigenvalue weighted by Gasteiger charge is 2.19. The van der Waals surface area contributed by atoms with Gasteiger partial charge in [0.25, 0.3) is 0 Å². The van der Waals surface area contributed by atoms with Gasteiger partial charge in [-0.15, -0.1) is 0 Å². The molecule has 0 heterocycles. The van der Waals surface area contributed by atoms with Crippen LogP contribution in [0.5, 0.6) is 0 Å². The van der Waals surface area contributed by atoms with Crippen molar-refractivity contribution in [3.63, 3.8) is 0 Å². The van der Waals surface area contributed by atoms with Crippen molar-refractivity contribution >= 4 is 17.9 Å². The van der Waals surface area contributed by atoms with E-state index in [1.807, 2.05) is 0 Å². The highest BCUT2D eigenvalue weighted by Crippen LogP contribution is 2.17. The van der Waals surface area contributed by atoms with E-state index in [1.165, 1.54) is 250 Å². The van der Waals surface area contributed by atoms with Crippen LogP contribution in [-0.2, 0) is 28.6 Å². The van der Waals surface area contributed by atoms with Gasteiger partial charge in [-0.05, 0) is 83.5 Å². The van der Waals surface area contributed by atoms with Gasteiger partial charge in [-0.3, -0.25) is 14.4 Å². The molecule has 0 aliphatic rings. The summed E-state index contributed by atoms with van der Waals surface area (Å²) in [6, 6.07) is 0. The van der Waals surface area contributed by atoms with Gasteiger partial charge in [0.15, 0.2) is 6.10 Å². The summed E-state index contributed by atoms with van der Waals surface area (Å²) in [5, 5.41) is 0. The fraction of sp³-hybridized carbons (Fsp3) is 0.843. The smallest absolute Gasteiger partial charge is 0.306 e. The number of carbonyl (C=O) groups excluding carboxylic acids is 3. The molecule has 0 rings (SSSR count). The second kappa shape index (κ2) is 64.9. The lowest BCUT2D eigenvalue weighted by Crippen LogP contribution is -2.30. The van der Waals surface area contributed by atoms with E-state index in [4.69, 9.17) is 14.2 Å².